The number of allylic oxidation sites excluding steroid dienone is 1. The van der Waals surface area contributed by atoms with Crippen molar-refractivity contribution < 1.29 is 14.3 Å². The maximum absolute atomic E-state index is 12.4. The Morgan fingerprint density at radius 1 is 1.26 bits per heavy atom. The molecule has 27 heavy (non-hydrogen) atoms. The summed E-state index contributed by atoms with van der Waals surface area (Å²) in [6.45, 7) is 4.86. The van der Waals surface area contributed by atoms with Crippen molar-refractivity contribution in [2.45, 2.75) is 19.9 Å². The van der Waals surface area contributed by atoms with Crippen molar-refractivity contribution in [1.82, 2.24) is 10.6 Å². The molecule has 1 aliphatic rings. The van der Waals surface area contributed by atoms with E-state index in [1.165, 1.54) is 0 Å². The van der Waals surface area contributed by atoms with E-state index >= 15 is 0 Å². The van der Waals surface area contributed by atoms with E-state index in [0.717, 1.165) is 5.69 Å². The monoisotopic (exact) mass is 433 g/mol. The third-order valence-corrected chi connectivity index (χ3v) is 4.80. The summed E-state index contributed by atoms with van der Waals surface area (Å²) in [5, 5.41) is 5.76. The molecule has 2 rings (SSSR count). The molecule has 148 valence electrons. The summed E-state index contributed by atoms with van der Waals surface area (Å²) in [5.74, 6) is 0.406. The first-order valence-electron chi connectivity index (χ1n) is 8.54. The third kappa shape index (κ3) is 5.21. The van der Waals surface area contributed by atoms with E-state index in [2.05, 4.69) is 10.6 Å². The molecule has 0 radical (unpaired) electrons. The van der Waals surface area contributed by atoms with Gasteiger partial charge in [0.25, 0.3) is 0 Å². The number of nitrogens with zero attached hydrogens (tertiary/aromatic N) is 1. The molecule has 2 N–H and O–H groups in total. The predicted molar refractivity (Wildman–Crippen MR) is 109 cm³/mol. The predicted octanol–water partition coefficient (Wildman–Crippen LogP) is 3.82. The summed E-state index contributed by atoms with van der Waals surface area (Å²) in [7, 11) is 0. The fourth-order valence-corrected chi connectivity index (χ4v) is 3.62. The Morgan fingerprint density at radius 3 is 2.48 bits per heavy atom. The number of rotatable bonds is 8. The number of carbonyl (C=O) groups excluding carboxylic acids is 2. The summed E-state index contributed by atoms with van der Waals surface area (Å²) in [6, 6.07) is 4.33. The van der Waals surface area contributed by atoms with Crippen LogP contribution in [0.3, 0.4) is 0 Å². The number of esters is 1. The van der Waals surface area contributed by atoms with Gasteiger partial charge in [-0.3, -0.25) is 0 Å². The van der Waals surface area contributed by atoms with Crippen molar-refractivity contribution in [3.05, 3.63) is 40.1 Å². The topological polar surface area (TPSA) is 70.7 Å². The third-order valence-electron chi connectivity index (χ3n) is 4.13. The largest absolute Gasteiger partial charge is 0.463 e. The SMILES string of the molecule is CCOC(=O)C1=C(C)NC(=O)N[C@H]1c1ccc(N(CCCl)CCCl)cc1Cl. The van der Waals surface area contributed by atoms with Crippen molar-refractivity contribution in [3.63, 3.8) is 0 Å². The van der Waals surface area contributed by atoms with E-state index in [1.54, 1.807) is 26.0 Å². The first-order valence-corrected chi connectivity index (χ1v) is 9.99. The Bertz CT molecular complexity index is 734. The van der Waals surface area contributed by atoms with Gasteiger partial charge in [-0.15, -0.1) is 23.2 Å². The Morgan fingerprint density at radius 2 is 1.93 bits per heavy atom. The summed E-state index contributed by atoms with van der Waals surface area (Å²) in [5.41, 5.74) is 2.23. The second-order valence-corrected chi connectivity index (χ2v) is 7.02. The number of anilines is 1. The van der Waals surface area contributed by atoms with Crippen LogP contribution < -0.4 is 15.5 Å². The summed E-state index contributed by atoms with van der Waals surface area (Å²) in [6.07, 6.45) is 0. The average molecular weight is 435 g/mol. The Hall–Kier alpha value is -1.63. The molecule has 0 saturated heterocycles. The molecule has 9 heteroatoms. The molecule has 0 bridgehead atoms. The van der Waals surface area contributed by atoms with Crippen LogP contribution in [-0.4, -0.2) is 43.5 Å². The lowest BCUT2D eigenvalue weighted by Gasteiger charge is -2.29. The zero-order chi connectivity index (χ0) is 20.0. The van der Waals surface area contributed by atoms with E-state index < -0.39 is 18.0 Å². The van der Waals surface area contributed by atoms with Crippen molar-refractivity contribution in [2.75, 3.05) is 36.4 Å². The van der Waals surface area contributed by atoms with Crippen LogP contribution in [0.15, 0.2) is 29.5 Å². The maximum Gasteiger partial charge on any atom is 0.338 e. The van der Waals surface area contributed by atoms with Gasteiger partial charge in [0.15, 0.2) is 0 Å². The fraction of sp³-hybridized carbons (Fsp3) is 0.444. The molecule has 0 unspecified atom stereocenters. The van der Waals surface area contributed by atoms with Gasteiger partial charge in [0.05, 0.1) is 18.2 Å². The van der Waals surface area contributed by atoms with Crippen molar-refractivity contribution >= 4 is 52.5 Å². The van der Waals surface area contributed by atoms with Crippen LogP contribution in [0.25, 0.3) is 0 Å². The van der Waals surface area contributed by atoms with Gasteiger partial charge >= 0.3 is 12.0 Å². The quantitative estimate of drug-likeness (QED) is 0.482. The van der Waals surface area contributed by atoms with Crippen LogP contribution in [0, 0.1) is 0 Å². The molecule has 0 fully saturated rings. The van der Waals surface area contributed by atoms with Crippen LogP contribution in [0.2, 0.25) is 5.02 Å². The highest BCUT2D eigenvalue weighted by molar-refractivity contribution is 6.31. The molecular weight excluding hydrogens is 413 g/mol. The summed E-state index contributed by atoms with van der Waals surface area (Å²) >= 11 is 18.2. The lowest BCUT2D eigenvalue weighted by Crippen LogP contribution is -2.45. The highest BCUT2D eigenvalue weighted by Crippen LogP contribution is 2.34. The number of nitrogens with one attached hydrogen (secondary N) is 2. The zero-order valence-corrected chi connectivity index (χ0v) is 17.4. The second kappa shape index (κ2) is 10.1. The van der Waals surface area contributed by atoms with Crippen molar-refractivity contribution in [2.24, 2.45) is 0 Å². The van der Waals surface area contributed by atoms with Crippen molar-refractivity contribution in [3.8, 4) is 0 Å². The molecule has 6 nitrogen and oxygen atoms in total. The Balaban J connectivity index is 2.41. The number of urea groups is 1. The highest BCUT2D eigenvalue weighted by Gasteiger charge is 2.33. The van der Waals surface area contributed by atoms with Gasteiger partial charge in [-0.2, -0.15) is 0 Å². The van der Waals surface area contributed by atoms with Crippen molar-refractivity contribution in [1.29, 1.82) is 0 Å². The minimum atomic E-state index is -0.700. The first kappa shape index (κ1) is 21.7. The molecule has 0 aromatic heterocycles. The maximum atomic E-state index is 12.4. The highest BCUT2D eigenvalue weighted by atomic mass is 35.5. The molecule has 1 aliphatic heterocycles. The van der Waals surface area contributed by atoms with Crippen LogP contribution in [0.5, 0.6) is 0 Å². The summed E-state index contributed by atoms with van der Waals surface area (Å²) < 4.78 is 5.14. The molecular formula is C18H22Cl3N3O3. The normalized spacial score (nSPS) is 16.6. The van der Waals surface area contributed by atoms with E-state index in [9.17, 15) is 9.59 Å². The number of hydrogen-bond acceptors (Lipinski definition) is 4. The smallest absolute Gasteiger partial charge is 0.338 e. The number of alkyl halides is 2. The number of hydrogen-bond donors (Lipinski definition) is 2. The van der Waals surface area contributed by atoms with Gasteiger partial charge in [-0.25, -0.2) is 9.59 Å². The number of halogens is 3. The fourth-order valence-electron chi connectivity index (χ4n) is 2.93. The van der Waals surface area contributed by atoms with Crippen LogP contribution >= 0.6 is 34.8 Å². The van der Waals surface area contributed by atoms with Gasteiger partial charge in [0, 0.05) is 41.3 Å². The van der Waals surface area contributed by atoms with Crippen LogP contribution in [0.4, 0.5) is 10.5 Å². The molecule has 1 heterocycles. The van der Waals surface area contributed by atoms with E-state index in [1.807, 2.05) is 11.0 Å². The minimum Gasteiger partial charge on any atom is -0.463 e. The summed E-state index contributed by atoms with van der Waals surface area (Å²) in [4.78, 5) is 26.4. The number of benzene rings is 1. The standard InChI is InChI=1S/C18H22Cl3N3O3/c1-3-27-17(25)15-11(2)22-18(26)23-16(15)13-5-4-12(10-14(13)21)24(8-6-19)9-7-20/h4-5,10,16H,3,6-9H2,1-2H3,(H2,22,23,26)/t16-/m0/s1. The van der Waals surface area contributed by atoms with Gasteiger partial charge in [0.2, 0.25) is 0 Å². The van der Waals surface area contributed by atoms with Gasteiger partial charge in [0.1, 0.15) is 0 Å². The first-order chi connectivity index (χ1) is 12.9. The van der Waals surface area contributed by atoms with Gasteiger partial charge < -0.3 is 20.3 Å². The van der Waals surface area contributed by atoms with Gasteiger partial charge in [-0.05, 0) is 31.5 Å². The molecule has 0 aliphatic carbocycles. The number of ether oxygens (including phenoxy) is 1. The van der Waals surface area contributed by atoms with Crippen LogP contribution in [-0.2, 0) is 9.53 Å². The number of carbonyl (C=O) groups is 2. The van der Waals surface area contributed by atoms with E-state index in [0.29, 0.717) is 46.7 Å². The Labute approximate surface area is 173 Å². The lowest BCUT2D eigenvalue weighted by molar-refractivity contribution is -0.139. The van der Waals surface area contributed by atoms with Gasteiger partial charge in [-0.1, -0.05) is 17.7 Å². The molecule has 0 spiro atoms. The van der Waals surface area contributed by atoms with E-state index in [4.69, 9.17) is 39.5 Å². The zero-order valence-electron chi connectivity index (χ0n) is 15.2. The average Bonchev–Trinajstić information content (AvgIpc) is 2.61. The van der Waals surface area contributed by atoms with E-state index in [-0.39, 0.29) is 6.61 Å². The Kier molecular flexibility index (Phi) is 8.07. The molecule has 1 aromatic carbocycles. The minimum absolute atomic E-state index is 0.231. The molecule has 2 amide bonds. The second-order valence-electron chi connectivity index (χ2n) is 5.86. The number of amides is 2. The lowest BCUT2D eigenvalue weighted by atomic mass is 9.95. The molecule has 1 aromatic rings. The molecule has 1 atom stereocenters. The molecule has 0 saturated carbocycles. The van der Waals surface area contributed by atoms with Crippen LogP contribution in [0.1, 0.15) is 25.5 Å².